The Kier molecular flexibility index (Phi) is 3.88. The van der Waals surface area contributed by atoms with E-state index in [0.717, 1.165) is 31.7 Å². The summed E-state index contributed by atoms with van der Waals surface area (Å²) in [5, 5.41) is 4.88. The number of hydrogen-bond acceptors (Lipinski definition) is 2. The number of benzene rings is 1. The van der Waals surface area contributed by atoms with Crippen LogP contribution in [0.15, 0.2) is 28.1 Å². The summed E-state index contributed by atoms with van der Waals surface area (Å²) in [4.78, 5) is 12.9. The van der Waals surface area contributed by atoms with Gasteiger partial charge in [-0.25, -0.2) is 0 Å². The van der Waals surface area contributed by atoms with Crippen LogP contribution >= 0.6 is 27.3 Å². The SMILES string of the molecule is Cc1ccsc1C(=O)Nc1cc(C)c(Br)c(C)c1. The zero-order valence-corrected chi connectivity index (χ0v) is 12.9. The summed E-state index contributed by atoms with van der Waals surface area (Å²) < 4.78 is 1.09. The van der Waals surface area contributed by atoms with Crippen LogP contribution in [0.1, 0.15) is 26.4 Å². The van der Waals surface area contributed by atoms with E-state index < -0.39 is 0 Å². The number of hydrogen-bond donors (Lipinski definition) is 1. The Morgan fingerprint density at radius 2 is 1.78 bits per heavy atom. The molecule has 2 nitrogen and oxygen atoms in total. The molecule has 0 atom stereocenters. The first-order valence-electron chi connectivity index (χ1n) is 5.61. The van der Waals surface area contributed by atoms with Crippen LogP contribution in [-0.2, 0) is 0 Å². The molecule has 0 unspecified atom stereocenters. The van der Waals surface area contributed by atoms with Gasteiger partial charge < -0.3 is 5.32 Å². The van der Waals surface area contributed by atoms with Gasteiger partial charge in [-0.3, -0.25) is 4.79 Å². The van der Waals surface area contributed by atoms with E-state index in [1.54, 1.807) is 0 Å². The molecule has 4 heteroatoms. The van der Waals surface area contributed by atoms with Crippen molar-refractivity contribution in [2.24, 2.45) is 0 Å². The first-order valence-corrected chi connectivity index (χ1v) is 7.28. The minimum atomic E-state index is -0.0383. The number of rotatable bonds is 2. The van der Waals surface area contributed by atoms with E-state index in [1.807, 2.05) is 44.4 Å². The molecule has 0 saturated carbocycles. The van der Waals surface area contributed by atoms with E-state index >= 15 is 0 Å². The van der Waals surface area contributed by atoms with Crippen molar-refractivity contribution < 1.29 is 4.79 Å². The van der Waals surface area contributed by atoms with Gasteiger partial charge in [-0.15, -0.1) is 11.3 Å². The molecular weight excluding hydrogens is 310 g/mol. The second kappa shape index (κ2) is 5.24. The van der Waals surface area contributed by atoms with Gasteiger partial charge in [0.1, 0.15) is 0 Å². The number of thiophene rings is 1. The van der Waals surface area contributed by atoms with Gasteiger partial charge in [0, 0.05) is 10.2 Å². The fraction of sp³-hybridized carbons (Fsp3) is 0.214. The number of nitrogens with one attached hydrogen (secondary N) is 1. The summed E-state index contributed by atoms with van der Waals surface area (Å²) in [7, 11) is 0. The van der Waals surface area contributed by atoms with Crippen LogP contribution in [0.5, 0.6) is 0 Å². The summed E-state index contributed by atoms with van der Waals surface area (Å²) in [5.41, 5.74) is 4.09. The fourth-order valence-electron chi connectivity index (χ4n) is 1.81. The van der Waals surface area contributed by atoms with Gasteiger partial charge >= 0.3 is 0 Å². The third kappa shape index (κ3) is 2.65. The number of amides is 1. The molecule has 2 aromatic rings. The van der Waals surface area contributed by atoms with Crippen LogP contribution in [0, 0.1) is 20.8 Å². The number of anilines is 1. The zero-order valence-electron chi connectivity index (χ0n) is 10.5. The van der Waals surface area contributed by atoms with Gasteiger partial charge in [-0.2, -0.15) is 0 Å². The molecule has 94 valence electrons. The highest BCUT2D eigenvalue weighted by molar-refractivity contribution is 9.10. The Bertz CT molecular complexity index is 581. The van der Waals surface area contributed by atoms with Gasteiger partial charge in [0.2, 0.25) is 0 Å². The minimum absolute atomic E-state index is 0.0383. The lowest BCUT2D eigenvalue weighted by Gasteiger charge is -2.09. The monoisotopic (exact) mass is 323 g/mol. The number of halogens is 1. The van der Waals surface area contributed by atoms with Crippen LogP contribution < -0.4 is 5.32 Å². The van der Waals surface area contributed by atoms with Crippen molar-refractivity contribution in [2.75, 3.05) is 5.32 Å². The van der Waals surface area contributed by atoms with E-state index in [2.05, 4.69) is 21.2 Å². The van der Waals surface area contributed by atoms with Crippen LogP contribution in [0.2, 0.25) is 0 Å². The standard InChI is InChI=1S/C14H14BrNOS/c1-8-4-5-18-13(8)14(17)16-11-6-9(2)12(15)10(3)7-11/h4-7H,1-3H3,(H,16,17). The van der Waals surface area contributed by atoms with E-state index in [9.17, 15) is 4.79 Å². The van der Waals surface area contributed by atoms with Crippen molar-refractivity contribution in [3.05, 3.63) is 49.6 Å². The molecular formula is C14H14BrNOS. The van der Waals surface area contributed by atoms with Crippen LogP contribution in [0.4, 0.5) is 5.69 Å². The Hall–Kier alpha value is -1.13. The molecule has 0 bridgehead atoms. The number of aryl methyl sites for hydroxylation is 3. The van der Waals surface area contributed by atoms with Crippen LogP contribution in [0.25, 0.3) is 0 Å². The molecule has 0 aliphatic rings. The topological polar surface area (TPSA) is 29.1 Å². The van der Waals surface area contributed by atoms with E-state index in [1.165, 1.54) is 11.3 Å². The molecule has 1 aromatic carbocycles. The van der Waals surface area contributed by atoms with Gasteiger partial charge in [-0.1, -0.05) is 15.9 Å². The Morgan fingerprint density at radius 3 is 2.28 bits per heavy atom. The molecule has 1 aromatic heterocycles. The fourth-order valence-corrected chi connectivity index (χ4v) is 2.86. The molecule has 0 fully saturated rings. The number of carbonyl (C=O) groups excluding carboxylic acids is 1. The van der Waals surface area contributed by atoms with Gasteiger partial charge in [0.25, 0.3) is 5.91 Å². The molecule has 1 amide bonds. The van der Waals surface area contributed by atoms with Crippen molar-refractivity contribution in [1.29, 1.82) is 0 Å². The molecule has 0 radical (unpaired) electrons. The lowest BCUT2D eigenvalue weighted by molar-refractivity contribution is 0.103. The molecule has 1 N–H and O–H groups in total. The lowest BCUT2D eigenvalue weighted by Crippen LogP contribution is -2.11. The predicted octanol–water partition coefficient (Wildman–Crippen LogP) is 4.69. The normalized spacial score (nSPS) is 10.4. The first kappa shape index (κ1) is 13.3. The maximum absolute atomic E-state index is 12.1. The lowest BCUT2D eigenvalue weighted by atomic mass is 10.1. The second-order valence-corrected chi connectivity index (χ2v) is 6.02. The van der Waals surface area contributed by atoms with Crippen molar-refractivity contribution in [2.45, 2.75) is 20.8 Å². The van der Waals surface area contributed by atoms with Gasteiger partial charge in [0.05, 0.1) is 4.88 Å². The average molecular weight is 324 g/mol. The molecule has 0 aliphatic heterocycles. The van der Waals surface area contributed by atoms with Gasteiger partial charge in [0.15, 0.2) is 0 Å². The summed E-state index contributed by atoms with van der Waals surface area (Å²) in [6, 6.07) is 5.90. The molecule has 0 saturated heterocycles. The molecule has 1 heterocycles. The van der Waals surface area contributed by atoms with E-state index in [0.29, 0.717) is 0 Å². The summed E-state index contributed by atoms with van der Waals surface area (Å²) in [6.07, 6.45) is 0. The van der Waals surface area contributed by atoms with E-state index in [4.69, 9.17) is 0 Å². The summed E-state index contributed by atoms with van der Waals surface area (Å²) >= 11 is 4.99. The van der Waals surface area contributed by atoms with E-state index in [-0.39, 0.29) is 5.91 Å². The van der Waals surface area contributed by atoms with Crippen LogP contribution in [-0.4, -0.2) is 5.91 Å². The smallest absolute Gasteiger partial charge is 0.265 e. The Labute approximate surface area is 119 Å². The maximum atomic E-state index is 12.1. The summed E-state index contributed by atoms with van der Waals surface area (Å²) in [5.74, 6) is -0.0383. The quantitative estimate of drug-likeness (QED) is 0.853. The summed E-state index contributed by atoms with van der Waals surface area (Å²) in [6.45, 7) is 5.98. The van der Waals surface area contributed by atoms with Gasteiger partial charge in [-0.05, 0) is 61.0 Å². The highest BCUT2D eigenvalue weighted by Crippen LogP contribution is 2.26. The second-order valence-electron chi connectivity index (χ2n) is 4.31. The predicted molar refractivity (Wildman–Crippen MR) is 80.6 cm³/mol. The Morgan fingerprint density at radius 1 is 1.17 bits per heavy atom. The molecule has 18 heavy (non-hydrogen) atoms. The van der Waals surface area contributed by atoms with Crippen molar-refractivity contribution in [3.8, 4) is 0 Å². The third-order valence-electron chi connectivity index (χ3n) is 2.76. The molecule has 0 aliphatic carbocycles. The molecule has 2 rings (SSSR count). The van der Waals surface area contributed by atoms with Crippen LogP contribution in [0.3, 0.4) is 0 Å². The highest BCUT2D eigenvalue weighted by atomic mass is 79.9. The largest absolute Gasteiger partial charge is 0.321 e. The van der Waals surface area contributed by atoms with Crippen molar-refractivity contribution in [1.82, 2.24) is 0 Å². The highest BCUT2D eigenvalue weighted by Gasteiger charge is 2.11. The minimum Gasteiger partial charge on any atom is -0.321 e. The average Bonchev–Trinajstić information content (AvgIpc) is 2.72. The van der Waals surface area contributed by atoms with Crippen molar-refractivity contribution in [3.63, 3.8) is 0 Å². The number of carbonyl (C=O) groups is 1. The maximum Gasteiger partial charge on any atom is 0.265 e. The molecule has 0 spiro atoms. The Balaban J connectivity index is 2.25. The third-order valence-corrected chi connectivity index (χ3v) is 5.03. The zero-order chi connectivity index (χ0) is 13.3. The first-order chi connectivity index (χ1) is 8.49. The van der Waals surface area contributed by atoms with Crippen molar-refractivity contribution >= 4 is 38.9 Å².